The average molecular weight is 459 g/mol. The van der Waals surface area contributed by atoms with Crippen LogP contribution in [0.2, 0.25) is 0 Å². The van der Waals surface area contributed by atoms with Gasteiger partial charge in [0, 0.05) is 64.5 Å². The van der Waals surface area contributed by atoms with Gasteiger partial charge in [0.2, 0.25) is 0 Å². The number of hydrogen-bond acceptors (Lipinski definition) is 6. The van der Waals surface area contributed by atoms with Gasteiger partial charge in [-0.2, -0.15) is 0 Å². The Morgan fingerprint density at radius 2 is 1.30 bits per heavy atom. The van der Waals surface area contributed by atoms with Crippen molar-refractivity contribution in [3.63, 3.8) is 0 Å². The molecule has 1 aromatic rings. The van der Waals surface area contributed by atoms with Crippen LogP contribution in [0.5, 0.6) is 0 Å². The van der Waals surface area contributed by atoms with Gasteiger partial charge in [0.15, 0.2) is 0 Å². The standard InChI is InChI=1S/C24H34N4O5/c1-18-15-25(16-19(2)33-18)17-20-3-5-21(6-4-20)22(29)26-7-9-27(10-8-26)23(30)24(31)28-11-13-32-14-12-28/h3-6,18-19H,7-17H2,1-2H3. The topological polar surface area (TPSA) is 82.6 Å². The van der Waals surface area contributed by atoms with E-state index in [1.54, 1.807) is 14.7 Å². The lowest BCUT2D eigenvalue weighted by Gasteiger charge is -2.36. The third kappa shape index (κ3) is 5.90. The SMILES string of the molecule is CC1CN(Cc2ccc(C(=O)N3CCN(C(=O)C(=O)N4CCOCC4)CC3)cc2)CC(C)O1. The molecular formula is C24H34N4O5. The van der Waals surface area contributed by atoms with Crippen LogP contribution in [0.3, 0.4) is 0 Å². The predicted molar refractivity (Wildman–Crippen MR) is 122 cm³/mol. The monoisotopic (exact) mass is 458 g/mol. The van der Waals surface area contributed by atoms with Gasteiger partial charge in [-0.1, -0.05) is 12.1 Å². The minimum absolute atomic E-state index is 0.0400. The number of morpholine rings is 2. The Morgan fingerprint density at radius 3 is 1.88 bits per heavy atom. The van der Waals surface area contributed by atoms with Gasteiger partial charge in [0.1, 0.15) is 0 Å². The Bertz CT molecular complexity index is 837. The highest BCUT2D eigenvalue weighted by Crippen LogP contribution is 2.16. The first-order chi connectivity index (χ1) is 15.9. The van der Waals surface area contributed by atoms with E-state index < -0.39 is 11.8 Å². The highest BCUT2D eigenvalue weighted by Gasteiger charge is 2.31. The Morgan fingerprint density at radius 1 is 0.788 bits per heavy atom. The summed E-state index contributed by atoms with van der Waals surface area (Å²) in [7, 11) is 0. The van der Waals surface area contributed by atoms with E-state index >= 15 is 0 Å². The van der Waals surface area contributed by atoms with Gasteiger partial charge < -0.3 is 24.2 Å². The molecule has 9 heteroatoms. The van der Waals surface area contributed by atoms with Gasteiger partial charge in [0.05, 0.1) is 25.4 Å². The predicted octanol–water partition coefficient (Wildman–Crippen LogP) is 0.439. The van der Waals surface area contributed by atoms with Crippen molar-refractivity contribution < 1.29 is 23.9 Å². The molecule has 3 amide bonds. The van der Waals surface area contributed by atoms with Crippen molar-refractivity contribution in [2.75, 3.05) is 65.6 Å². The molecule has 0 saturated carbocycles. The fourth-order valence-corrected chi connectivity index (χ4v) is 4.76. The van der Waals surface area contributed by atoms with Crippen LogP contribution in [-0.2, 0) is 25.6 Å². The highest BCUT2D eigenvalue weighted by molar-refractivity contribution is 6.34. The molecule has 3 aliphatic rings. The van der Waals surface area contributed by atoms with E-state index in [9.17, 15) is 14.4 Å². The molecule has 2 unspecified atom stereocenters. The maximum absolute atomic E-state index is 13.0. The summed E-state index contributed by atoms with van der Waals surface area (Å²) in [6.07, 6.45) is 0.452. The molecule has 0 bridgehead atoms. The maximum Gasteiger partial charge on any atom is 0.312 e. The molecule has 9 nitrogen and oxygen atoms in total. The van der Waals surface area contributed by atoms with Crippen LogP contribution >= 0.6 is 0 Å². The molecule has 180 valence electrons. The van der Waals surface area contributed by atoms with Crippen LogP contribution in [-0.4, -0.2) is 115 Å². The van der Waals surface area contributed by atoms with Gasteiger partial charge >= 0.3 is 11.8 Å². The molecule has 0 aromatic heterocycles. The van der Waals surface area contributed by atoms with E-state index in [4.69, 9.17) is 9.47 Å². The number of piperazine rings is 1. The molecule has 33 heavy (non-hydrogen) atoms. The van der Waals surface area contributed by atoms with Gasteiger partial charge in [-0.05, 0) is 31.5 Å². The van der Waals surface area contributed by atoms with E-state index in [2.05, 4.69) is 18.7 Å². The minimum Gasteiger partial charge on any atom is -0.378 e. The van der Waals surface area contributed by atoms with Crippen molar-refractivity contribution >= 4 is 17.7 Å². The number of rotatable bonds is 3. The minimum atomic E-state index is -0.486. The molecule has 3 aliphatic heterocycles. The smallest absolute Gasteiger partial charge is 0.312 e. The van der Waals surface area contributed by atoms with Crippen molar-refractivity contribution in [2.45, 2.75) is 32.6 Å². The Labute approximate surface area is 195 Å². The quantitative estimate of drug-likeness (QED) is 0.612. The number of carbonyl (C=O) groups is 3. The van der Waals surface area contributed by atoms with Crippen molar-refractivity contribution in [3.8, 4) is 0 Å². The first kappa shape index (κ1) is 23.7. The second-order valence-electron chi connectivity index (χ2n) is 9.14. The molecule has 0 aliphatic carbocycles. The van der Waals surface area contributed by atoms with Crippen LogP contribution in [0.15, 0.2) is 24.3 Å². The molecule has 2 atom stereocenters. The van der Waals surface area contributed by atoms with Crippen LogP contribution in [0.4, 0.5) is 0 Å². The summed E-state index contributed by atoms with van der Waals surface area (Å²) in [5.41, 5.74) is 1.82. The van der Waals surface area contributed by atoms with Crippen molar-refractivity contribution in [2.24, 2.45) is 0 Å². The molecule has 1 aromatic carbocycles. The van der Waals surface area contributed by atoms with E-state index in [-0.39, 0.29) is 18.1 Å². The molecule has 3 saturated heterocycles. The number of carbonyl (C=O) groups excluding carboxylic acids is 3. The Kier molecular flexibility index (Phi) is 7.62. The largest absolute Gasteiger partial charge is 0.378 e. The normalized spacial score (nSPS) is 24.6. The zero-order valence-electron chi connectivity index (χ0n) is 19.6. The molecule has 0 N–H and O–H groups in total. The molecule has 3 heterocycles. The van der Waals surface area contributed by atoms with Gasteiger partial charge in [-0.15, -0.1) is 0 Å². The number of benzene rings is 1. The number of hydrogen-bond donors (Lipinski definition) is 0. The lowest BCUT2D eigenvalue weighted by atomic mass is 10.1. The first-order valence-corrected chi connectivity index (χ1v) is 11.8. The van der Waals surface area contributed by atoms with Crippen LogP contribution in [0.25, 0.3) is 0 Å². The molecule has 4 rings (SSSR count). The molecule has 3 fully saturated rings. The lowest BCUT2D eigenvalue weighted by Crippen LogP contribution is -2.55. The fourth-order valence-electron chi connectivity index (χ4n) is 4.76. The molecule has 0 radical (unpaired) electrons. The Hall–Kier alpha value is -2.49. The summed E-state index contributed by atoms with van der Waals surface area (Å²) >= 11 is 0. The summed E-state index contributed by atoms with van der Waals surface area (Å²) < 4.78 is 11.0. The van der Waals surface area contributed by atoms with Gasteiger partial charge in [0.25, 0.3) is 5.91 Å². The van der Waals surface area contributed by atoms with Crippen LogP contribution < -0.4 is 0 Å². The number of ether oxygens (including phenoxy) is 2. The van der Waals surface area contributed by atoms with Crippen LogP contribution in [0, 0.1) is 0 Å². The second kappa shape index (κ2) is 10.6. The fraction of sp³-hybridized carbons (Fsp3) is 0.625. The maximum atomic E-state index is 13.0. The second-order valence-corrected chi connectivity index (χ2v) is 9.14. The first-order valence-electron chi connectivity index (χ1n) is 11.8. The number of amides is 3. The zero-order valence-corrected chi connectivity index (χ0v) is 19.6. The molecular weight excluding hydrogens is 424 g/mol. The zero-order chi connectivity index (χ0) is 23.4. The van der Waals surface area contributed by atoms with E-state index in [0.29, 0.717) is 58.0 Å². The van der Waals surface area contributed by atoms with Crippen molar-refractivity contribution in [3.05, 3.63) is 35.4 Å². The molecule has 0 spiro atoms. The number of nitrogens with zero attached hydrogens (tertiary/aromatic N) is 4. The van der Waals surface area contributed by atoms with Crippen molar-refractivity contribution in [1.82, 2.24) is 19.6 Å². The lowest BCUT2D eigenvalue weighted by molar-refractivity contribution is -0.154. The van der Waals surface area contributed by atoms with E-state index in [1.807, 2.05) is 24.3 Å². The van der Waals surface area contributed by atoms with Crippen molar-refractivity contribution in [1.29, 1.82) is 0 Å². The Balaban J connectivity index is 1.27. The summed E-state index contributed by atoms with van der Waals surface area (Å²) in [5, 5.41) is 0. The van der Waals surface area contributed by atoms with Gasteiger partial charge in [-0.3, -0.25) is 19.3 Å². The summed E-state index contributed by atoms with van der Waals surface area (Å²) in [5.74, 6) is -1.00. The van der Waals surface area contributed by atoms with E-state index in [0.717, 1.165) is 19.6 Å². The van der Waals surface area contributed by atoms with Crippen LogP contribution in [0.1, 0.15) is 29.8 Å². The summed E-state index contributed by atoms with van der Waals surface area (Å²) in [6, 6.07) is 7.78. The highest BCUT2D eigenvalue weighted by atomic mass is 16.5. The average Bonchev–Trinajstić information content (AvgIpc) is 2.83. The van der Waals surface area contributed by atoms with Gasteiger partial charge in [-0.25, -0.2) is 0 Å². The van der Waals surface area contributed by atoms with E-state index in [1.165, 1.54) is 5.56 Å². The summed E-state index contributed by atoms with van der Waals surface area (Å²) in [4.78, 5) is 45.2. The third-order valence-corrected chi connectivity index (χ3v) is 6.44. The summed E-state index contributed by atoms with van der Waals surface area (Å²) in [6.45, 7) is 10.2. The third-order valence-electron chi connectivity index (χ3n) is 6.44.